The summed E-state index contributed by atoms with van der Waals surface area (Å²) in [5, 5.41) is 13.7. The summed E-state index contributed by atoms with van der Waals surface area (Å²) in [4.78, 5) is 26.1. The molecule has 49 heavy (non-hydrogen) atoms. The summed E-state index contributed by atoms with van der Waals surface area (Å²) in [6.07, 6.45) is 9.75. The largest absolute Gasteiger partial charge is 0.462 e. The molecule has 0 aliphatic heterocycles. The smallest absolute Gasteiger partial charge is 0.338 e. The van der Waals surface area contributed by atoms with Gasteiger partial charge in [-0.2, -0.15) is 0 Å². The van der Waals surface area contributed by atoms with Gasteiger partial charge in [0.25, 0.3) is 0 Å². The molecule has 0 unspecified atom stereocenters. The number of unbranched alkanes of at least 4 members (excludes halogenated alkanes) is 8. The van der Waals surface area contributed by atoms with E-state index < -0.39 is 0 Å². The van der Waals surface area contributed by atoms with Crippen LogP contribution in [-0.4, -0.2) is 25.2 Å². The summed E-state index contributed by atoms with van der Waals surface area (Å²) in [7, 11) is 0. The molecule has 244 valence electrons. The Kier molecular flexibility index (Phi) is 8.70. The lowest BCUT2D eigenvalue weighted by Gasteiger charge is -2.13. The lowest BCUT2D eigenvalue weighted by molar-refractivity contribution is 0.0491. The van der Waals surface area contributed by atoms with Crippen LogP contribution in [0.15, 0.2) is 109 Å². The second kappa shape index (κ2) is 13.7. The highest BCUT2D eigenvalue weighted by molar-refractivity contribution is 6.27. The third-order valence-corrected chi connectivity index (χ3v) is 10.3. The maximum absolute atomic E-state index is 13.1. The van der Waals surface area contributed by atoms with Gasteiger partial charge in [-0.15, -0.1) is 0 Å². The van der Waals surface area contributed by atoms with Crippen molar-refractivity contribution >= 4 is 76.6 Å². The van der Waals surface area contributed by atoms with E-state index in [4.69, 9.17) is 9.47 Å². The number of carbonyl (C=O) groups is 2. The second-order valence-corrected chi connectivity index (χ2v) is 13.4. The van der Waals surface area contributed by atoms with Gasteiger partial charge in [0.2, 0.25) is 0 Å². The molecular weight excluding hydrogens is 604 g/mol. The minimum Gasteiger partial charge on any atom is -0.462 e. The molecule has 8 aromatic carbocycles. The monoisotopic (exact) mass is 644 g/mol. The van der Waals surface area contributed by atoms with Crippen LogP contribution < -0.4 is 0 Å². The highest BCUT2D eigenvalue weighted by Gasteiger charge is 2.17. The van der Waals surface area contributed by atoms with Gasteiger partial charge >= 0.3 is 11.9 Å². The van der Waals surface area contributed by atoms with Crippen LogP contribution in [0.5, 0.6) is 0 Å². The van der Waals surface area contributed by atoms with E-state index in [9.17, 15) is 9.59 Å². The number of hydrogen-bond acceptors (Lipinski definition) is 4. The van der Waals surface area contributed by atoms with Crippen molar-refractivity contribution in [2.24, 2.45) is 0 Å². The summed E-state index contributed by atoms with van der Waals surface area (Å²) in [6.45, 7) is 0.905. The Labute approximate surface area is 286 Å². The standard InChI is InChI=1S/C45H40O4/c46-44(38-26-22-34-18-16-30-12-10-14-32-20-24-36(38)42(34)40(30)32)48-28-8-6-4-2-1-3-5-7-9-29-49-45(47)39-27-23-35-19-17-31-13-11-15-33-21-25-37(39)43(35)41(31)33/h10-27H,1-9,28-29H2. The molecule has 0 aromatic heterocycles. The third-order valence-electron chi connectivity index (χ3n) is 10.3. The fourth-order valence-corrected chi connectivity index (χ4v) is 7.75. The summed E-state index contributed by atoms with van der Waals surface area (Å²) < 4.78 is 11.4. The van der Waals surface area contributed by atoms with Crippen LogP contribution in [0.1, 0.15) is 78.5 Å². The van der Waals surface area contributed by atoms with Gasteiger partial charge in [-0.3, -0.25) is 0 Å². The SMILES string of the molecule is O=C(OCCCCCCCCCCCOC(=O)c1ccc2ccc3cccc4ccc1c2c34)c1ccc2ccc3cccc4ccc1c2c34. The molecule has 0 amide bonds. The van der Waals surface area contributed by atoms with Crippen molar-refractivity contribution in [3.05, 3.63) is 120 Å². The van der Waals surface area contributed by atoms with Crippen molar-refractivity contribution in [1.82, 2.24) is 0 Å². The lowest BCUT2D eigenvalue weighted by atomic mass is 9.92. The van der Waals surface area contributed by atoms with Crippen LogP contribution in [0.4, 0.5) is 0 Å². The van der Waals surface area contributed by atoms with Gasteiger partial charge in [0.05, 0.1) is 24.3 Å². The van der Waals surface area contributed by atoms with E-state index in [0.717, 1.165) is 70.8 Å². The van der Waals surface area contributed by atoms with E-state index in [1.54, 1.807) is 0 Å². The van der Waals surface area contributed by atoms with Crippen LogP contribution in [-0.2, 0) is 9.47 Å². The van der Waals surface area contributed by atoms with Gasteiger partial charge in [-0.25, -0.2) is 9.59 Å². The number of benzene rings is 8. The Morgan fingerprint density at radius 3 is 1.04 bits per heavy atom. The van der Waals surface area contributed by atoms with Crippen molar-refractivity contribution in [2.45, 2.75) is 57.8 Å². The van der Waals surface area contributed by atoms with Crippen LogP contribution in [0.3, 0.4) is 0 Å². The summed E-state index contributed by atoms with van der Waals surface area (Å²) in [5.41, 5.74) is 1.29. The molecule has 8 aromatic rings. The zero-order valence-electron chi connectivity index (χ0n) is 27.8. The van der Waals surface area contributed by atoms with E-state index in [1.165, 1.54) is 51.6 Å². The van der Waals surface area contributed by atoms with Gasteiger partial charge in [0, 0.05) is 0 Å². The third kappa shape index (κ3) is 6.01. The second-order valence-electron chi connectivity index (χ2n) is 13.4. The summed E-state index contributed by atoms with van der Waals surface area (Å²) in [5.74, 6) is -0.473. The molecule has 0 aliphatic rings. The first kappa shape index (κ1) is 31.1. The zero-order valence-corrected chi connectivity index (χ0v) is 27.8. The molecule has 8 rings (SSSR count). The van der Waals surface area contributed by atoms with Gasteiger partial charge < -0.3 is 9.47 Å². The molecule has 0 aliphatic carbocycles. The predicted molar refractivity (Wildman–Crippen MR) is 202 cm³/mol. The molecule has 0 atom stereocenters. The quantitative estimate of drug-likeness (QED) is 0.0671. The van der Waals surface area contributed by atoms with E-state index in [1.807, 2.05) is 24.3 Å². The van der Waals surface area contributed by atoms with Crippen molar-refractivity contribution < 1.29 is 19.1 Å². The fraction of sp³-hybridized carbons (Fsp3) is 0.244. The summed E-state index contributed by atoms with van der Waals surface area (Å²) >= 11 is 0. The number of rotatable bonds is 14. The Morgan fingerprint density at radius 1 is 0.347 bits per heavy atom. The van der Waals surface area contributed by atoms with E-state index >= 15 is 0 Å². The normalized spacial score (nSPS) is 11.9. The first-order chi connectivity index (χ1) is 24.2. The minimum absolute atomic E-state index is 0.237. The van der Waals surface area contributed by atoms with Crippen molar-refractivity contribution in [3.63, 3.8) is 0 Å². The molecule has 4 nitrogen and oxygen atoms in total. The van der Waals surface area contributed by atoms with Gasteiger partial charge in [-0.1, -0.05) is 142 Å². The van der Waals surface area contributed by atoms with Crippen molar-refractivity contribution in [1.29, 1.82) is 0 Å². The van der Waals surface area contributed by atoms with Crippen LogP contribution in [0, 0.1) is 0 Å². The molecule has 4 heteroatoms. The molecule has 0 heterocycles. The summed E-state index contributed by atoms with van der Waals surface area (Å²) in [6, 6.07) is 37.4. The maximum atomic E-state index is 13.1. The Bertz CT molecular complexity index is 2220. The first-order valence-corrected chi connectivity index (χ1v) is 17.8. The van der Waals surface area contributed by atoms with Gasteiger partial charge in [0.15, 0.2) is 0 Å². The molecular formula is C45H40O4. The number of esters is 2. The molecule has 0 spiro atoms. The van der Waals surface area contributed by atoms with E-state index in [-0.39, 0.29) is 11.9 Å². The van der Waals surface area contributed by atoms with Crippen molar-refractivity contribution in [3.8, 4) is 0 Å². The topological polar surface area (TPSA) is 52.6 Å². The highest BCUT2D eigenvalue weighted by atomic mass is 16.5. The van der Waals surface area contributed by atoms with Gasteiger partial charge in [0.1, 0.15) is 0 Å². The van der Waals surface area contributed by atoms with Crippen LogP contribution in [0.2, 0.25) is 0 Å². The Hall–Kier alpha value is -5.22. The van der Waals surface area contributed by atoms with Crippen LogP contribution in [0.25, 0.3) is 64.6 Å². The molecule has 0 saturated heterocycles. The lowest BCUT2D eigenvalue weighted by Crippen LogP contribution is -2.07. The first-order valence-electron chi connectivity index (χ1n) is 17.8. The van der Waals surface area contributed by atoms with Crippen molar-refractivity contribution in [2.75, 3.05) is 13.2 Å². The molecule has 0 saturated carbocycles. The molecule has 0 fully saturated rings. The molecule has 0 radical (unpaired) electrons. The molecule has 0 bridgehead atoms. The number of carbonyl (C=O) groups excluding carboxylic acids is 2. The highest BCUT2D eigenvalue weighted by Crippen LogP contribution is 2.37. The predicted octanol–water partition coefficient (Wildman–Crippen LogP) is 12.0. The Balaban J connectivity index is 0.721. The fourth-order valence-electron chi connectivity index (χ4n) is 7.75. The number of hydrogen-bond donors (Lipinski definition) is 0. The maximum Gasteiger partial charge on any atom is 0.338 e. The van der Waals surface area contributed by atoms with Crippen LogP contribution >= 0.6 is 0 Å². The number of ether oxygens (including phenoxy) is 2. The van der Waals surface area contributed by atoms with Gasteiger partial charge in [-0.05, 0) is 89.6 Å². The van der Waals surface area contributed by atoms with E-state index in [0.29, 0.717) is 24.3 Å². The van der Waals surface area contributed by atoms with E-state index in [2.05, 4.69) is 84.9 Å². The average Bonchev–Trinajstić information content (AvgIpc) is 3.14. The Morgan fingerprint density at radius 2 is 0.653 bits per heavy atom. The molecule has 0 N–H and O–H groups in total. The average molecular weight is 645 g/mol. The zero-order chi connectivity index (χ0) is 33.2. The minimum atomic E-state index is -0.237.